The topological polar surface area (TPSA) is 49.3 Å². The molecule has 0 aromatic heterocycles. The van der Waals surface area contributed by atoms with E-state index in [9.17, 15) is 18.0 Å². The molecule has 7 heteroatoms. The highest BCUT2D eigenvalue weighted by molar-refractivity contribution is 9.10. The van der Waals surface area contributed by atoms with Crippen molar-refractivity contribution in [3.8, 4) is 0 Å². The van der Waals surface area contributed by atoms with Gasteiger partial charge in [0.05, 0.1) is 11.7 Å². The molecule has 0 unspecified atom stereocenters. The number of hydrogen-bond donors (Lipinski definition) is 2. The standard InChI is InChI=1S/C11H11BrF3NO2/c1-6(17)5-16-10(18)7-2-3-9(12)8(4-7)11(13,14)15/h2-4,6,17H,5H2,1H3,(H,16,18)/t6-/m1/s1. The Morgan fingerprint density at radius 2 is 2.11 bits per heavy atom. The quantitative estimate of drug-likeness (QED) is 0.897. The third-order valence-corrected chi connectivity index (χ3v) is 2.78. The maximum atomic E-state index is 12.6. The van der Waals surface area contributed by atoms with Crippen LogP contribution in [0.1, 0.15) is 22.8 Å². The zero-order chi connectivity index (χ0) is 13.9. The van der Waals surface area contributed by atoms with E-state index >= 15 is 0 Å². The molecule has 1 atom stereocenters. The Hall–Kier alpha value is -1.08. The monoisotopic (exact) mass is 325 g/mol. The summed E-state index contributed by atoms with van der Waals surface area (Å²) >= 11 is 2.79. The lowest BCUT2D eigenvalue weighted by molar-refractivity contribution is -0.138. The molecule has 1 aromatic rings. The van der Waals surface area contributed by atoms with E-state index in [4.69, 9.17) is 5.11 Å². The van der Waals surface area contributed by atoms with Gasteiger partial charge in [0, 0.05) is 16.6 Å². The molecule has 1 amide bonds. The van der Waals surface area contributed by atoms with E-state index in [1.54, 1.807) is 0 Å². The summed E-state index contributed by atoms with van der Waals surface area (Å²) in [6, 6.07) is 3.21. The molecule has 1 rings (SSSR count). The number of rotatable bonds is 3. The summed E-state index contributed by atoms with van der Waals surface area (Å²) in [4.78, 5) is 11.5. The molecule has 1 aromatic carbocycles. The lowest BCUT2D eigenvalue weighted by Gasteiger charge is -2.12. The lowest BCUT2D eigenvalue weighted by Crippen LogP contribution is -2.30. The van der Waals surface area contributed by atoms with Crippen LogP contribution in [0.3, 0.4) is 0 Å². The molecule has 0 saturated carbocycles. The predicted octanol–water partition coefficient (Wildman–Crippen LogP) is 2.58. The minimum atomic E-state index is -4.53. The Balaban J connectivity index is 2.95. The molecule has 18 heavy (non-hydrogen) atoms. The number of carbonyl (C=O) groups excluding carboxylic acids is 1. The van der Waals surface area contributed by atoms with Gasteiger partial charge in [-0.3, -0.25) is 4.79 Å². The van der Waals surface area contributed by atoms with Gasteiger partial charge in [-0.25, -0.2) is 0 Å². The second-order valence-corrected chi connectivity index (χ2v) is 4.61. The van der Waals surface area contributed by atoms with E-state index in [1.807, 2.05) is 0 Å². The van der Waals surface area contributed by atoms with Gasteiger partial charge in [0.2, 0.25) is 0 Å². The van der Waals surface area contributed by atoms with Crippen LogP contribution >= 0.6 is 15.9 Å². The van der Waals surface area contributed by atoms with Gasteiger partial charge >= 0.3 is 6.18 Å². The molecule has 0 aliphatic heterocycles. The summed E-state index contributed by atoms with van der Waals surface area (Å²) in [5.74, 6) is -0.658. The number of hydrogen-bond acceptors (Lipinski definition) is 2. The van der Waals surface area contributed by atoms with Gasteiger partial charge in [-0.15, -0.1) is 0 Å². The summed E-state index contributed by atoms with van der Waals surface area (Å²) in [6.45, 7) is 1.44. The zero-order valence-electron chi connectivity index (χ0n) is 9.38. The van der Waals surface area contributed by atoms with Crippen LogP contribution in [0.5, 0.6) is 0 Å². The normalized spacial score (nSPS) is 13.2. The Bertz CT molecular complexity index is 446. The average molecular weight is 326 g/mol. The van der Waals surface area contributed by atoms with Gasteiger partial charge in [0.15, 0.2) is 0 Å². The fourth-order valence-corrected chi connectivity index (χ4v) is 1.70. The number of carbonyl (C=O) groups is 1. The van der Waals surface area contributed by atoms with Gasteiger partial charge in [-0.05, 0) is 25.1 Å². The highest BCUT2D eigenvalue weighted by atomic mass is 79.9. The first kappa shape index (κ1) is 15.0. The van der Waals surface area contributed by atoms with Crippen LogP contribution in [0.25, 0.3) is 0 Å². The van der Waals surface area contributed by atoms with Crippen molar-refractivity contribution < 1.29 is 23.1 Å². The number of nitrogens with one attached hydrogen (secondary N) is 1. The van der Waals surface area contributed by atoms with Gasteiger partial charge in [-0.2, -0.15) is 13.2 Å². The van der Waals surface area contributed by atoms with Crippen LogP contribution in [0.4, 0.5) is 13.2 Å². The maximum absolute atomic E-state index is 12.6. The average Bonchev–Trinajstić information content (AvgIpc) is 2.24. The number of aliphatic hydroxyl groups excluding tert-OH is 1. The molecule has 0 aliphatic carbocycles. The lowest BCUT2D eigenvalue weighted by atomic mass is 10.1. The molecule has 2 N–H and O–H groups in total. The highest BCUT2D eigenvalue weighted by Gasteiger charge is 2.33. The molecule has 100 valence electrons. The van der Waals surface area contributed by atoms with E-state index < -0.39 is 23.8 Å². The molecular weight excluding hydrogens is 315 g/mol. The van der Waals surface area contributed by atoms with Crippen LogP contribution in [0.15, 0.2) is 22.7 Å². The van der Waals surface area contributed by atoms with Crippen LogP contribution in [-0.4, -0.2) is 23.7 Å². The molecule has 0 bridgehead atoms. The van der Waals surface area contributed by atoms with E-state index in [2.05, 4.69) is 21.2 Å². The van der Waals surface area contributed by atoms with Crippen molar-refractivity contribution in [2.75, 3.05) is 6.54 Å². The second kappa shape index (κ2) is 5.71. The van der Waals surface area contributed by atoms with E-state index in [0.29, 0.717) is 0 Å². The summed E-state index contributed by atoms with van der Waals surface area (Å²) < 4.78 is 37.7. The third kappa shape index (κ3) is 3.99. The molecule has 0 fully saturated rings. The predicted molar refractivity (Wildman–Crippen MR) is 63.2 cm³/mol. The Morgan fingerprint density at radius 1 is 1.50 bits per heavy atom. The number of halogens is 4. The fraction of sp³-hybridized carbons (Fsp3) is 0.364. The SMILES string of the molecule is C[C@@H](O)CNC(=O)c1ccc(Br)c(C(F)(F)F)c1. The summed E-state index contributed by atoms with van der Waals surface area (Å²) in [5, 5.41) is 11.3. The largest absolute Gasteiger partial charge is 0.417 e. The van der Waals surface area contributed by atoms with Crippen LogP contribution in [-0.2, 0) is 6.18 Å². The van der Waals surface area contributed by atoms with E-state index in [0.717, 1.165) is 6.07 Å². The second-order valence-electron chi connectivity index (χ2n) is 3.75. The van der Waals surface area contributed by atoms with Crippen molar-refractivity contribution in [1.29, 1.82) is 0 Å². The smallest absolute Gasteiger partial charge is 0.392 e. The van der Waals surface area contributed by atoms with Gasteiger partial charge in [0.1, 0.15) is 0 Å². The van der Waals surface area contributed by atoms with E-state index in [-0.39, 0.29) is 16.6 Å². The molecule has 0 radical (unpaired) electrons. The number of amides is 1. The van der Waals surface area contributed by atoms with Gasteiger partial charge in [0.25, 0.3) is 5.91 Å². The van der Waals surface area contributed by atoms with Crippen molar-refractivity contribution in [2.24, 2.45) is 0 Å². The van der Waals surface area contributed by atoms with Crippen LogP contribution < -0.4 is 5.32 Å². The summed E-state index contributed by atoms with van der Waals surface area (Å²) in [6.07, 6.45) is -5.29. The molecule has 3 nitrogen and oxygen atoms in total. The molecule has 0 heterocycles. The first-order valence-corrected chi connectivity index (χ1v) is 5.84. The number of alkyl halides is 3. The van der Waals surface area contributed by atoms with E-state index in [1.165, 1.54) is 19.1 Å². The molecular formula is C11H11BrF3NO2. The van der Waals surface area contributed by atoms with Crippen molar-refractivity contribution in [1.82, 2.24) is 5.32 Å². The minimum Gasteiger partial charge on any atom is -0.392 e. The maximum Gasteiger partial charge on any atom is 0.417 e. The fourth-order valence-electron chi connectivity index (χ4n) is 1.23. The van der Waals surface area contributed by atoms with Crippen molar-refractivity contribution in [3.05, 3.63) is 33.8 Å². The van der Waals surface area contributed by atoms with Crippen LogP contribution in [0, 0.1) is 0 Å². The van der Waals surface area contributed by atoms with Crippen LogP contribution in [0.2, 0.25) is 0 Å². The molecule has 0 aliphatic rings. The highest BCUT2D eigenvalue weighted by Crippen LogP contribution is 2.35. The molecule has 0 spiro atoms. The minimum absolute atomic E-state index is 0.0176. The zero-order valence-corrected chi connectivity index (χ0v) is 11.0. The van der Waals surface area contributed by atoms with Gasteiger partial charge < -0.3 is 10.4 Å². The Kier molecular flexibility index (Phi) is 4.75. The summed E-state index contributed by atoms with van der Waals surface area (Å²) in [5.41, 5.74) is -1.02. The first-order valence-electron chi connectivity index (χ1n) is 5.05. The number of benzene rings is 1. The van der Waals surface area contributed by atoms with Crippen molar-refractivity contribution in [2.45, 2.75) is 19.2 Å². The Labute approximate surface area is 110 Å². The van der Waals surface area contributed by atoms with Crippen molar-refractivity contribution in [3.63, 3.8) is 0 Å². The third-order valence-electron chi connectivity index (χ3n) is 2.09. The molecule has 0 saturated heterocycles. The number of aliphatic hydroxyl groups is 1. The first-order chi connectivity index (χ1) is 8.21. The summed E-state index contributed by atoms with van der Waals surface area (Å²) in [7, 11) is 0. The van der Waals surface area contributed by atoms with Crippen molar-refractivity contribution >= 4 is 21.8 Å². The van der Waals surface area contributed by atoms with Gasteiger partial charge in [-0.1, -0.05) is 15.9 Å². The Morgan fingerprint density at radius 3 is 2.61 bits per heavy atom.